The summed E-state index contributed by atoms with van der Waals surface area (Å²) in [6, 6.07) is 12.1. The SMILES string of the molecule is COc1ccccc1C(C)NC(=O)COC(=O)COc1ccc(Cl)c(C)c1. The molecular weight excluding hydrogens is 370 g/mol. The number of esters is 1. The van der Waals surface area contributed by atoms with Crippen molar-refractivity contribution in [3.63, 3.8) is 0 Å². The van der Waals surface area contributed by atoms with Gasteiger partial charge in [0, 0.05) is 10.6 Å². The molecule has 2 aromatic rings. The maximum Gasteiger partial charge on any atom is 0.344 e. The second kappa shape index (κ2) is 9.83. The number of hydrogen-bond donors (Lipinski definition) is 1. The number of ether oxygens (including phenoxy) is 3. The summed E-state index contributed by atoms with van der Waals surface area (Å²) in [6.07, 6.45) is 0. The normalized spacial score (nSPS) is 11.4. The molecule has 0 aliphatic heterocycles. The highest BCUT2D eigenvalue weighted by Crippen LogP contribution is 2.24. The number of nitrogens with one attached hydrogen (secondary N) is 1. The number of rotatable bonds is 8. The second-order valence-electron chi connectivity index (χ2n) is 5.89. The van der Waals surface area contributed by atoms with E-state index in [1.54, 1.807) is 25.3 Å². The summed E-state index contributed by atoms with van der Waals surface area (Å²) in [5.41, 5.74) is 1.67. The van der Waals surface area contributed by atoms with E-state index in [1.807, 2.05) is 38.1 Å². The molecule has 0 aliphatic carbocycles. The topological polar surface area (TPSA) is 73.9 Å². The molecule has 1 atom stereocenters. The quantitative estimate of drug-likeness (QED) is 0.697. The fourth-order valence-electron chi connectivity index (χ4n) is 2.42. The summed E-state index contributed by atoms with van der Waals surface area (Å²) in [5.74, 6) is 0.129. The number of carbonyl (C=O) groups is 2. The zero-order valence-electron chi connectivity index (χ0n) is 15.5. The number of para-hydroxylation sites is 1. The molecule has 1 unspecified atom stereocenters. The van der Waals surface area contributed by atoms with Gasteiger partial charge in [0.1, 0.15) is 11.5 Å². The maximum absolute atomic E-state index is 12.0. The van der Waals surface area contributed by atoms with Gasteiger partial charge >= 0.3 is 5.97 Å². The molecule has 0 fully saturated rings. The highest BCUT2D eigenvalue weighted by atomic mass is 35.5. The molecule has 0 heterocycles. The van der Waals surface area contributed by atoms with Gasteiger partial charge in [-0.1, -0.05) is 29.8 Å². The standard InChI is InChI=1S/C20H22ClNO5/c1-13-10-15(8-9-17(13)21)26-12-20(24)27-11-19(23)22-14(2)16-6-4-5-7-18(16)25-3/h4-10,14H,11-12H2,1-3H3,(H,22,23). The first kappa shape index (κ1) is 20.6. The van der Waals surface area contributed by atoms with E-state index in [4.69, 9.17) is 25.8 Å². The first-order valence-corrected chi connectivity index (χ1v) is 8.75. The smallest absolute Gasteiger partial charge is 0.344 e. The molecule has 0 aliphatic rings. The molecule has 2 aromatic carbocycles. The molecule has 2 rings (SSSR count). The minimum atomic E-state index is -0.636. The van der Waals surface area contributed by atoms with Crippen molar-refractivity contribution in [1.82, 2.24) is 5.32 Å². The van der Waals surface area contributed by atoms with Gasteiger partial charge in [0.25, 0.3) is 5.91 Å². The van der Waals surface area contributed by atoms with Crippen molar-refractivity contribution < 1.29 is 23.8 Å². The molecule has 0 saturated carbocycles. The summed E-state index contributed by atoms with van der Waals surface area (Å²) in [4.78, 5) is 23.8. The fourth-order valence-corrected chi connectivity index (χ4v) is 2.54. The Kier molecular flexibility index (Phi) is 7.49. The number of methoxy groups -OCH3 is 1. The largest absolute Gasteiger partial charge is 0.496 e. The van der Waals surface area contributed by atoms with E-state index in [1.165, 1.54) is 0 Å². The Balaban J connectivity index is 1.77. The molecule has 0 spiro atoms. The Morgan fingerprint density at radius 3 is 2.59 bits per heavy atom. The minimum absolute atomic E-state index is 0.291. The molecular formula is C20H22ClNO5. The summed E-state index contributed by atoms with van der Waals surface area (Å²) in [6.45, 7) is 2.97. The van der Waals surface area contributed by atoms with Crippen LogP contribution in [0.2, 0.25) is 5.02 Å². The van der Waals surface area contributed by atoms with Crippen molar-refractivity contribution in [1.29, 1.82) is 0 Å². The Bertz CT molecular complexity index is 809. The summed E-state index contributed by atoms with van der Waals surface area (Å²) in [5, 5.41) is 3.38. The van der Waals surface area contributed by atoms with Crippen molar-refractivity contribution in [2.45, 2.75) is 19.9 Å². The third-order valence-electron chi connectivity index (χ3n) is 3.83. The van der Waals surface area contributed by atoms with Gasteiger partial charge in [-0.15, -0.1) is 0 Å². The number of benzene rings is 2. The van der Waals surface area contributed by atoms with Crippen LogP contribution in [-0.2, 0) is 14.3 Å². The number of halogens is 1. The lowest BCUT2D eigenvalue weighted by molar-refractivity contribution is -0.150. The molecule has 0 radical (unpaired) electrons. The Labute approximate surface area is 163 Å². The average molecular weight is 392 g/mol. The average Bonchev–Trinajstić information content (AvgIpc) is 2.67. The van der Waals surface area contributed by atoms with Gasteiger partial charge in [-0.2, -0.15) is 0 Å². The van der Waals surface area contributed by atoms with Crippen LogP contribution in [0, 0.1) is 6.92 Å². The van der Waals surface area contributed by atoms with Crippen molar-refractivity contribution >= 4 is 23.5 Å². The van der Waals surface area contributed by atoms with Crippen LogP contribution in [0.4, 0.5) is 0 Å². The molecule has 1 amide bonds. The Morgan fingerprint density at radius 1 is 1.15 bits per heavy atom. The van der Waals surface area contributed by atoms with E-state index in [0.717, 1.165) is 11.1 Å². The van der Waals surface area contributed by atoms with Crippen molar-refractivity contribution in [3.05, 3.63) is 58.6 Å². The van der Waals surface area contributed by atoms with Crippen molar-refractivity contribution in [2.24, 2.45) is 0 Å². The van der Waals surface area contributed by atoms with Crippen LogP contribution >= 0.6 is 11.6 Å². The summed E-state index contributed by atoms with van der Waals surface area (Å²) < 4.78 is 15.5. The highest BCUT2D eigenvalue weighted by Gasteiger charge is 2.15. The molecule has 7 heteroatoms. The van der Waals surface area contributed by atoms with Gasteiger partial charge in [0.2, 0.25) is 0 Å². The molecule has 6 nitrogen and oxygen atoms in total. The highest BCUT2D eigenvalue weighted by molar-refractivity contribution is 6.31. The lowest BCUT2D eigenvalue weighted by Crippen LogP contribution is -2.32. The third-order valence-corrected chi connectivity index (χ3v) is 4.26. The molecule has 144 valence electrons. The van der Waals surface area contributed by atoms with E-state index >= 15 is 0 Å². The number of aryl methyl sites for hydroxylation is 1. The van der Waals surface area contributed by atoms with Crippen LogP contribution in [0.1, 0.15) is 24.1 Å². The van der Waals surface area contributed by atoms with Gasteiger partial charge in [-0.25, -0.2) is 4.79 Å². The summed E-state index contributed by atoms with van der Waals surface area (Å²) >= 11 is 5.93. The third kappa shape index (κ3) is 6.18. The van der Waals surface area contributed by atoms with Crippen LogP contribution < -0.4 is 14.8 Å². The Morgan fingerprint density at radius 2 is 1.89 bits per heavy atom. The zero-order valence-corrected chi connectivity index (χ0v) is 16.2. The molecule has 1 N–H and O–H groups in total. The van der Waals surface area contributed by atoms with Crippen LogP contribution in [-0.4, -0.2) is 32.2 Å². The first-order valence-electron chi connectivity index (χ1n) is 8.37. The van der Waals surface area contributed by atoms with E-state index in [-0.39, 0.29) is 19.3 Å². The Hall–Kier alpha value is -2.73. The maximum atomic E-state index is 12.0. The van der Waals surface area contributed by atoms with Crippen LogP contribution in [0.3, 0.4) is 0 Å². The van der Waals surface area contributed by atoms with Crippen LogP contribution in [0.25, 0.3) is 0 Å². The number of amides is 1. The zero-order chi connectivity index (χ0) is 19.8. The second-order valence-corrected chi connectivity index (χ2v) is 6.30. The number of hydrogen-bond acceptors (Lipinski definition) is 5. The van der Waals surface area contributed by atoms with E-state index in [0.29, 0.717) is 16.5 Å². The predicted octanol–water partition coefficient (Wildman–Crippen LogP) is 3.46. The van der Waals surface area contributed by atoms with Gasteiger partial charge < -0.3 is 19.5 Å². The number of carbonyl (C=O) groups excluding carboxylic acids is 2. The van der Waals surface area contributed by atoms with Gasteiger partial charge in [0.15, 0.2) is 13.2 Å². The van der Waals surface area contributed by atoms with Gasteiger partial charge in [-0.05, 0) is 43.7 Å². The summed E-state index contributed by atoms with van der Waals surface area (Å²) in [7, 11) is 1.57. The fraction of sp³-hybridized carbons (Fsp3) is 0.300. The monoisotopic (exact) mass is 391 g/mol. The van der Waals surface area contributed by atoms with E-state index < -0.39 is 11.9 Å². The predicted molar refractivity (Wildman–Crippen MR) is 102 cm³/mol. The minimum Gasteiger partial charge on any atom is -0.496 e. The first-order chi connectivity index (χ1) is 12.9. The molecule has 0 bridgehead atoms. The van der Waals surface area contributed by atoms with E-state index in [2.05, 4.69) is 5.32 Å². The molecule has 27 heavy (non-hydrogen) atoms. The lowest BCUT2D eigenvalue weighted by atomic mass is 10.1. The van der Waals surface area contributed by atoms with E-state index in [9.17, 15) is 9.59 Å². The van der Waals surface area contributed by atoms with Crippen molar-refractivity contribution in [3.8, 4) is 11.5 Å². The van der Waals surface area contributed by atoms with Gasteiger partial charge in [-0.3, -0.25) is 4.79 Å². The van der Waals surface area contributed by atoms with Crippen LogP contribution in [0.5, 0.6) is 11.5 Å². The van der Waals surface area contributed by atoms with Gasteiger partial charge in [0.05, 0.1) is 13.2 Å². The van der Waals surface area contributed by atoms with Crippen LogP contribution in [0.15, 0.2) is 42.5 Å². The lowest BCUT2D eigenvalue weighted by Gasteiger charge is -2.17. The molecule has 0 saturated heterocycles. The van der Waals surface area contributed by atoms with Crippen molar-refractivity contribution in [2.75, 3.05) is 20.3 Å². The molecule has 0 aromatic heterocycles.